The van der Waals surface area contributed by atoms with Crippen LogP contribution in [0.1, 0.15) is 35.9 Å². The Balaban J connectivity index is 1.54. The van der Waals surface area contributed by atoms with Crippen LogP contribution in [0, 0.1) is 0 Å². The number of carbonyl (C=O) groups is 1. The van der Waals surface area contributed by atoms with Crippen LogP contribution in [0.5, 0.6) is 5.75 Å². The number of furan rings is 1. The lowest BCUT2D eigenvalue weighted by atomic mass is 10.2. The van der Waals surface area contributed by atoms with Crippen LogP contribution in [-0.2, 0) is 16.6 Å². The molecule has 0 unspecified atom stereocenters. The molecule has 3 aromatic rings. The summed E-state index contributed by atoms with van der Waals surface area (Å²) >= 11 is 8.63. The monoisotopic (exact) mass is 565 g/mol. The maximum Gasteiger partial charge on any atom is 0.257 e. The number of carbonyl (C=O) groups excluding carboxylic acids is 1. The summed E-state index contributed by atoms with van der Waals surface area (Å²) in [7, 11) is -3.71. The Kier molecular flexibility index (Phi) is 9.22. The van der Waals surface area contributed by atoms with Gasteiger partial charge in [-0.15, -0.1) is 0 Å². The summed E-state index contributed by atoms with van der Waals surface area (Å²) in [5.74, 6) is 0.785. The fourth-order valence-electron chi connectivity index (χ4n) is 2.80. The number of unbranched alkanes of at least 4 members (excludes halogenated alkanes) is 1. The molecule has 0 aliphatic heterocycles. The molecule has 34 heavy (non-hydrogen) atoms. The van der Waals surface area contributed by atoms with Crippen LogP contribution in [-0.4, -0.2) is 26.0 Å². The predicted molar refractivity (Wildman–Crippen MR) is 137 cm³/mol. The minimum atomic E-state index is -3.71. The van der Waals surface area contributed by atoms with E-state index in [4.69, 9.17) is 21.4 Å². The van der Waals surface area contributed by atoms with E-state index >= 15 is 0 Å². The Hall–Kier alpha value is -2.73. The molecule has 0 atom stereocenters. The molecule has 3 rings (SSSR count). The van der Waals surface area contributed by atoms with Crippen LogP contribution in [0.4, 0.5) is 5.69 Å². The van der Waals surface area contributed by atoms with Crippen molar-refractivity contribution in [1.29, 1.82) is 0 Å². The number of ether oxygens (including phenoxy) is 1. The van der Waals surface area contributed by atoms with Crippen molar-refractivity contribution >= 4 is 54.9 Å². The van der Waals surface area contributed by atoms with Crippen molar-refractivity contribution < 1.29 is 22.4 Å². The van der Waals surface area contributed by atoms with Crippen LogP contribution < -0.4 is 20.1 Å². The number of sulfonamides is 1. The standard InChI is InChI=1S/C23H24BrN3O5S2/c1-2-3-12-32-21-11-6-16(14-20(21)24)22(28)27-23(33)26-17-7-9-19(10-8-17)34(29,30)25-15-18-5-4-13-31-18/h4-11,13-14,25H,2-3,12,15H2,1H3,(H2,26,27,28,33). The molecule has 0 spiro atoms. The quantitative estimate of drug-likeness (QED) is 0.238. The molecule has 11 heteroatoms. The molecule has 0 fully saturated rings. The maximum atomic E-state index is 12.5. The van der Waals surface area contributed by atoms with Gasteiger partial charge in [-0.2, -0.15) is 0 Å². The Morgan fingerprint density at radius 3 is 2.56 bits per heavy atom. The van der Waals surface area contributed by atoms with Crippen LogP contribution in [0.2, 0.25) is 0 Å². The van der Waals surface area contributed by atoms with Crippen LogP contribution in [0.15, 0.2) is 74.6 Å². The Morgan fingerprint density at radius 2 is 1.91 bits per heavy atom. The summed E-state index contributed by atoms with van der Waals surface area (Å²) in [6.45, 7) is 2.74. The van der Waals surface area contributed by atoms with E-state index in [9.17, 15) is 13.2 Å². The van der Waals surface area contributed by atoms with E-state index in [-0.39, 0.29) is 22.5 Å². The number of nitrogens with one attached hydrogen (secondary N) is 3. The molecule has 1 amide bonds. The van der Waals surface area contributed by atoms with Crippen molar-refractivity contribution in [2.45, 2.75) is 31.2 Å². The summed E-state index contributed by atoms with van der Waals surface area (Å²) in [5.41, 5.74) is 0.930. The molecule has 0 aliphatic carbocycles. The second kappa shape index (κ2) is 12.1. The first-order valence-corrected chi connectivity index (χ1v) is 13.1. The number of anilines is 1. The van der Waals surface area contributed by atoms with Crippen LogP contribution in [0.25, 0.3) is 0 Å². The zero-order valence-corrected chi connectivity index (χ0v) is 21.6. The first-order chi connectivity index (χ1) is 16.3. The van der Waals surface area contributed by atoms with Crippen molar-refractivity contribution in [3.05, 3.63) is 76.7 Å². The van der Waals surface area contributed by atoms with Crippen LogP contribution >= 0.6 is 28.1 Å². The Labute approximate surface area is 212 Å². The minimum Gasteiger partial charge on any atom is -0.492 e. The summed E-state index contributed by atoms with van der Waals surface area (Å²) in [4.78, 5) is 12.6. The van der Waals surface area contributed by atoms with E-state index in [1.807, 2.05) is 0 Å². The maximum absolute atomic E-state index is 12.5. The SMILES string of the molecule is CCCCOc1ccc(C(=O)NC(=S)Nc2ccc(S(=O)(=O)NCc3ccco3)cc2)cc1Br. The number of hydrogen-bond donors (Lipinski definition) is 3. The zero-order valence-electron chi connectivity index (χ0n) is 18.3. The summed E-state index contributed by atoms with van der Waals surface area (Å²) in [6.07, 6.45) is 3.45. The van der Waals surface area contributed by atoms with Gasteiger partial charge in [-0.1, -0.05) is 13.3 Å². The zero-order chi connectivity index (χ0) is 24.6. The van der Waals surface area contributed by atoms with Gasteiger partial charge in [0, 0.05) is 11.3 Å². The molecule has 3 N–H and O–H groups in total. The van der Waals surface area contributed by atoms with Crippen molar-refractivity contribution in [2.24, 2.45) is 0 Å². The molecule has 0 saturated heterocycles. The van der Waals surface area contributed by atoms with Crippen molar-refractivity contribution in [1.82, 2.24) is 10.0 Å². The molecule has 0 aliphatic rings. The third-order valence-corrected chi connectivity index (χ3v) is 6.86. The van der Waals surface area contributed by atoms with Gasteiger partial charge in [0.05, 0.1) is 28.8 Å². The third-order valence-electron chi connectivity index (χ3n) is 4.62. The van der Waals surface area contributed by atoms with Crippen molar-refractivity contribution in [3.8, 4) is 5.75 Å². The first kappa shape index (κ1) is 25.9. The van der Waals surface area contributed by atoms with Crippen LogP contribution in [0.3, 0.4) is 0 Å². The number of thiocarbonyl (C=S) groups is 1. The lowest BCUT2D eigenvalue weighted by Gasteiger charge is -2.12. The molecule has 8 nitrogen and oxygen atoms in total. The molecular weight excluding hydrogens is 542 g/mol. The number of halogens is 1. The van der Waals surface area contributed by atoms with Crippen molar-refractivity contribution in [3.63, 3.8) is 0 Å². The van der Waals surface area contributed by atoms with E-state index < -0.39 is 10.0 Å². The molecule has 2 aromatic carbocycles. The highest BCUT2D eigenvalue weighted by molar-refractivity contribution is 9.10. The molecule has 0 bridgehead atoms. The first-order valence-electron chi connectivity index (χ1n) is 10.5. The van der Waals surface area contributed by atoms with Gasteiger partial charge in [0.15, 0.2) is 5.11 Å². The number of rotatable bonds is 10. The van der Waals surface area contributed by atoms with Gasteiger partial charge in [0.2, 0.25) is 10.0 Å². The molecular formula is C23H24BrN3O5S2. The largest absolute Gasteiger partial charge is 0.492 e. The fourth-order valence-corrected chi connectivity index (χ4v) is 4.50. The lowest BCUT2D eigenvalue weighted by Crippen LogP contribution is -2.34. The third kappa shape index (κ3) is 7.39. The van der Waals surface area contributed by atoms with Gasteiger partial charge in [-0.25, -0.2) is 13.1 Å². The highest BCUT2D eigenvalue weighted by Gasteiger charge is 2.15. The second-order valence-corrected chi connectivity index (χ2v) is 10.2. The molecule has 180 valence electrons. The van der Waals surface area contributed by atoms with Gasteiger partial charge in [0.25, 0.3) is 5.91 Å². The van der Waals surface area contributed by atoms with E-state index in [2.05, 4.69) is 38.2 Å². The smallest absolute Gasteiger partial charge is 0.257 e. The molecule has 0 saturated carbocycles. The normalized spacial score (nSPS) is 11.1. The minimum absolute atomic E-state index is 0.0490. The van der Waals surface area contributed by atoms with E-state index in [0.717, 1.165) is 12.8 Å². The highest BCUT2D eigenvalue weighted by Crippen LogP contribution is 2.26. The summed E-state index contributed by atoms with van der Waals surface area (Å²) in [6, 6.07) is 14.4. The van der Waals surface area contributed by atoms with Gasteiger partial charge < -0.3 is 14.5 Å². The Bertz CT molecular complexity index is 1230. The highest BCUT2D eigenvalue weighted by atomic mass is 79.9. The van der Waals surface area contributed by atoms with Gasteiger partial charge >= 0.3 is 0 Å². The summed E-state index contributed by atoms with van der Waals surface area (Å²) < 4.78 is 38.8. The lowest BCUT2D eigenvalue weighted by molar-refractivity contribution is 0.0977. The molecule has 1 heterocycles. The predicted octanol–water partition coefficient (Wildman–Crippen LogP) is 4.83. The fraction of sp³-hybridized carbons (Fsp3) is 0.217. The average molecular weight is 566 g/mol. The number of benzene rings is 2. The van der Waals surface area contributed by atoms with Crippen molar-refractivity contribution in [2.75, 3.05) is 11.9 Å². The molecule has 1 aromatic heterocycles. The van der Waals surface area contributed by atoms with E-state index in [0.29, 0.717) is 33.8 Å². The van der Waals surface area contributed by atoms with E-state index in [1.165, 1.54) is 18.4 Å². The van der Waals surface area contributed by atoms with Gasteiger partial charge in [-0.3, -0.25) is 10.1 Å². The van der Waals surface area contributed by atoms with Gasteiger partial charge in [-0.05, 0) is 89.2 Å². The Morgan fingerprint density at radius 1 is 1.15 bits per heavy atom. The number of hydrogen-bond acceptors (Lipinski definition) is 6. The van der Waals surface area contributed by atoms with E-state index in [1.54, 1.807) is 42.5 Å². The topological polar surface area (TPSA) is 110 Å². The van der Waals surface area contributed by atoms with Gasteiger partial charge in [0.1, 0.15) is 11.5 Å². The average Bonchev–Trinajstić information content (AvgIpc) is 3.33. The second-order valence-electron chi connectivity index (χ2n) is 7.18. The number of amides is 1. The molecule has 0 radical (unpaired) electrons. The summed E-state index contributed by atoms with van der Waals surface area (Å²) in [5, 5.41) is 5.55.